The minimum Gasteiger partial charge on any atom is -0.444 e. The van der Waals surface area contributed by atoms with E-state index >= 15 is 0 Å². The summed E-state index contributed by atoms with van der Waals surface area (Å²) < 4.78 is 19.6. The van der Waals surface area contributed by atoms with Crippen molar-refractivity contribution in [2.24, 2.45) is 11.3 Å². The smallest absolute Gasteiger partial charge is 0.411 e. The molecule has 2 aromatic rings. The number of carbonyl (C=O) groups excluding carboxylic acids is 3. The van der Waals surface area contributed by atoms with Crippen molar-refractivity contribution in [1.29, 1.82) is 5.41 Å². The third-order valence-electron chi connectivity index (χ3n) is 7.19. The highest BCUT2D eigenvalue weighted by atomic mass is 19.1. The number of carbonyl (C=O) groups is 3. The molecule has 1 atom stereocenters. The Morgan fingerprint density at radius 1 is 1.23 bits per heavy atom. The quantitative estimate of drug-likeness (QED) is 0.394. The summed E-state index contributed by atoms with van der Waals surface area (Å²) in [4.78, 5) is 44.3. The fraction of sp³-hybridized carbons (Fsp3) is 0.433. The fourth-order valence-electron chi connectivity index (χ4n) is 4.97. The lowest BCUT2D eigenvalue weighted by Gasteiger charge is -2.23. The van der Waals surface area contributed by atoms with Gasteiger partial charge in [-0.15, -0.1) is 0 Å². The molecule has 1 saturated carbocycles. The van der Waals surface area contributed by atoms with Gasteiger partial charge in [0.1, 0.15) is 17.1 Å². The van der Waals surface area contributed by atoms with Crippen molar-refractivity contribution >= 4 is 35.4 Å². The SMILES string of the molecule is Cc1cc(N2CC[C@@](C)(C3CC3)C2=O)cc(C(=O)NCc2cc(F)cc(/C(C=N)=C/NC(=O)OC(C)(C)C)c2)n1. The summed E-state index contributed by atoms with van der Waals surface area (Å²) in [5.41, 5.74) is 1.44. The van der Waals surface area contributed by atoms with E-state index in [-0.39, 0.29) is 29.1 Å². The third kappa shape index (κ3) is 6.73. The summed E-state index contributed by atoms with van der Waals surface area (Å²) in [5.74, 6) is -0.491. The molecule has 0 bridgehead atoms. The molecule has 2 aliphatic rings. The number of anilines is 1. The monoisotopic (exact) mass is 549 g/mol. The summed E-state index contributed by atoms with van der Waals surface area (Å²) in [6.45, 7) is 9.60. The predicted octanol–water partition coefficient (Wildman–Crippen LogP) is 5.13. The Bertz CT molecular complexity index is 1380. The van der Waals surface area contributed by atoms with Crippen LogP contribution < -0.4 is 15.5 Å². The van der Waals surface area contributed by atoms with Gasteiger partial charge in [-0.1, -0.05) is 6.92 Å². The van der Waals surface area contributed by atoms with Crippen LogP contribution in [0.25, 0.3) is 5.57 Å². The first kappa shape index (κ1) is 28.9. The Balaban J connectivity index is 1.45. The van der Waals surface area contributed by atoms with Gasteiger partial charge in [0, 0.05) is 42.5 Å². The number of amides is 3. The molecule has 1 aromatic heterocycles. The Hall–Kier alpha value is -4.08. The average molecular weight is 550 g/mol. The molecule has 1 aliphatic carbocycles. The number of aromatic nitrogens is 1. The van der Waals surface area contributed by atoms with Crippen LogP contribution in [0.2, 0.25) is 0 Å². The lowest BCUT2D eigenvalue weighted by Crippen LogP contribution is -2.34. The number of hydrogen-bond acceptors (Lipinski definition) is 6. The van der Waals surface area contributed by atoms with Crippen LogP contribution in [0.3, 0.4) is 0 Å². The first-order valence-corrected chi connectivity index (χ1v) is 13.4. The van der Waals surface area contributed by atoms with Gasteiger partial charge in [0.2, 0.25) is 5.91 Å². The van der Waals surface area contributed by atoms with E-state index in [1.54, 1.807) is 44.7 Å². The van der Waals surface area contributed by atoms with Crippen LogP contribution >= 0.6 is 0 Å². The minimum atomic E-state index is -0.700. The van der Waals surface area contributed by atoms with Gasteiger partial charge in [0.15, 0.2) is 0 Å². The van der Waals surface area contributed by atoms with Crippen LogP contribution in [-0.4, -0.2) is 41.3 Å². The largest absolute Gasteiger partial charge is 0.444 e. The number of benzene rings is 1. The van der Waals surface area contributed by atoms with Crippen molar-refractivity contribution < 1.29 is 23.5 Å². The van der Waals surface area contributed by atoms with Crippen molar-refractivity contribution in [2.45, 2.75) is 66.0 Å². The number of pyridine rings is 1. The molecule has 3 N–H and O–H groups in total. The number of ether oxygens (including phenoxy) is 1. The number of allylic oxidation sites excluding steroid dienone is 1. The number of nitrogens with one attached hydrogen (secondary N) is 3. The molecule has 2 heterocycles. The number of rotatable bonds is 8. The van der Waals surface area contributed by atoms with E-state index < -0.39 is 23.4 Å². The molecule has 0 unspecified atom stereocenters. The summed E-state index contributed by atoms with van der Waals surface area (Å²) in [6, 6.07) is 7.56. The third-order valence-corrected chi connectivity index (χ3v) is 7.19. The molecule has 1 aromatic carbocycles. The maximum atomic E-state index is 14.5. The van der Waals surface area contributed by atoms with Crippen molar-refractivity contribution in [3.8, 4) is 0 Å². The minimum absolute atomic E-state index is 0.00171. The number of halogens is 1. The van der Waals surface area contributed by atoms with E-state index in [0.717, 1.165) is 25.5 Å². The molecule has 3 amide bonds. The van der Waals surface area contributed by atoms with Gasteiger partial charge in [0.05, 0.1) is 5.41 Å². The van der Waals surface area contributed by atoms with E-state index in [1.165, 1.54) is 18.3 Å². The van der Waals surface area contributed by atoms with E-state index in [0.29, 0.717) is 35.0 Å². The zero-order valence-electron chi connectivity index (χ0n) is 23.6. The topological polar surface area (TPSA) is 124 Å². The molecular formula is C30H36FN5O4. The highest BCUT2D eigenvalue weighted by Gasteiger charge is 2.52. The zero-order valence-corrected chi connectivity index (χ0v) is 23.6. The molecule has 212 valence electrons. The zero-order chi connectivity index (χ0) is 29.2. The second kappa shape index (κ2) is 11.2. The van der Waals surface area contributed by atoms with Crippen molar-refractivity contribution in [1.82, 2.24) is 15.6 Å². The van der Waals surface area contributed by atoms with Crippen LogP contribution in [0.4, 0.5) is 14.9 Å². The van der Waals surface area contributed by atoms with Crippen LogP contribution in [0.1, 0.15) is 74.3 Å². The van der Waals surface area contributed by atoms with Gasteiger partial charge < -0.3 is 20.4 Å². The van der Waals surface area contributed by atoms with Crippen molar-refractivity contribution in [3.63, 3.8) is 0 Å². The van der Waals surface area contributed by atoms with Crippen LogP contribution in [-0.2, 0) is 16.1 Å². The van der Waals surface area contributed by atoms with E-state index in [4.69, 9.17) is 10.1 Å². The van der Waals surface area contributed by atoms with Gasteiger partial charge in [0.25, 0.3) is 5.91 Å². The molecule has 1 saturated heterocycles. The summed E-state index contributed by atoms with van der Waals surface area (Å²) in [6.07, 6.45) is 4.51. The van der Waals surface area contributed by atoms with E-state index in [2.05, 4.69) is 15.6 Å². The average Bonchev–Trinajstić information content (AvgIpc) is 3.68. The molecule has 10 heteroatoms. The van der Waals surface area contributed by atoms with Crippen LogP contribution in [0, 0.1) is 29.5 Å². The Morgan fingerprint density at radius 3 is 2.60 bits per heavy atom. The lowest BCUT2D eigenvalue weighted by molar-refractivity contribution is -0.125. The number of aryl methyl sites for hydroxylation is 1. The summed E-state index contributed by atoms with van der Waals surface area (Å²) in [7, 11) is 0. The normalized spacial score (nSPS) is 19.4. The highest BCUT2D eigenvalue weighted by molar-refractivity contribution is 6.08. The molecule has 4 rings (SSSR count). The van der Waals surface area contributed by atoms with Gasteiger partial charge in [-0.25, -0.2) is 14.2 Å². The number of alkyl carbamates (subject to hydrolysis) is 1. The van der Waals surface area contributed by atoms with E-state index in [1.807, 2.05) is 13.0 Å². The fourth-order valence-corrected chi connectivity index (χ4v) is 4.97. The van der Waals surface area contributed by atoms with Gasteiger partial charge >= 0.3 is 6.09 Å². The first-order valence-electron chi connectivity index (χ1n) is 13.4. The first-order chi connectivity index (χ1) is 18.8. The summed E-state index contributed by atoms with van der Waals surface area (Å²) >= 11 is 0. The molecule has 40 heavy (non-hydrogen) atoms. The Morgan fingerprint density at radius 2 is 1.95 bits per heavy atom. The second-order valence-corrected chi connectivity index (χ2v) is 11.7. The standard InChI is InChI=1S/C30H36FN5O4/c1-18-10-24(36-9-8-30(5,27(36)38)22-6-7-22)14-25(35-18)26(37)33-16-19-11-20(13-23(31)12-19)21(15-32)17-34-28(39)40-29(2,3)4/h10-15,17,22,32H,6-9,16H2,1-5H3,(H,33,37)(H,34,39)/b21-17+,32-15?/t30-/m0/s1. The lowest BCUT2D eigenvalue weighted by atomic mass is 9.83. The molecule has 0 radical (unpaired) electrons. The van der Waals surface area contributed by atoms with Gasteiger partial charge in [-0.3, -0.25) is 14.9 Å². The van der Waals surface area contributed by atoms with Gasteiger partial charge in [-0.05, 0) is 94.3 Å². The molecule has 0 spiro atoms. The number of nitrogens with zero attached hydrogens (tertiary/aromatic N) is 2. The molecule has 1 aliphatic heterocycles. The predicted molar refractivity (Wildman–Crippen MR) is 150 cm³/mol. The highest BCUT2D eigenvalue weighted by Crippen LogP contribution is 2.51. The summed E-state index contributed by atoms with van der Waals surface area (Å²) in [5, 5.41) is 12.9. The molecule has 2 fully saturated rings. The van der Waals surface area contributed by atoms with Crippen molar-refractivity contribution in [2.75, 3.05) is 11.4 Å². The Kier molecular flexibility index (Phi) is 8.09. The number of hydrogen-bond donors (Lipinski definition) is 3. The van der Waals surface area contributed by atoms with Gasteiger partial charge in [-0.2, -0.15) is 0 Å². The molecule has 9 nitrogen and oxygen atoms in total. The van der Waals surface area contributed by atoms with Crippen LogP contribution in [0.5, 0.6) is 0 Å². The van der Waals surface area contributed by atoms with Crippen LogP contribution in [0.15, 0.2) is 36.5 Å². The molecular weight excluding hydrogens is 513 g/mol. The Labute approximate surface area is 233 Å². The maximum absolute atomic E-state index is 14.5. The van der Waals surface area contributed by atoms with Crippen molar-refractivity contribution in [3.05, 3.63) is 64.9 Å². The maximum Gasteiger partial charge on any atom is 0.411 e. The second-order valence-electron chi connectivity index (χ2n) is 11.7. The van der Waals surface area contributed by atoms with E-state index in [9.17, 15) is 18.8 Å².